The lowest BCUT2D eigenvalue weighted by atomic mass is 9.82. The summed E-state index contributed by atoms with van der Waals surface area (Å²) in [5, 5.41) is 3.36. The molecule has 2 fully saturated rings. The number of ether oxygens (including phenoxy) is 1. The van der Waals surface area contributed by atoms with E-state index in [1.54, 1.807) is 0 Å². The van der Waals surface area contributed by atoms with E-state index in [1.165, 1.54) is 0 Å². The molecule has 1 amide bonds. The molecular formula is C14H26N2O2. The van der Waals surface area contributed by atoms with E-state index in [4.69, 9.17) is 4.74 Å². The van der Waals surface area contributed by atoms with Gasteiger partial charge in [0, 0.05) is 12.5 Å². The quantitative estimate of drug-likeness (QED) is 0.821. The number of cyclic esters (lactones) is 1. The highest BCUT2D eigenvalue weighted by atomic mass is 16.6. The number of rotatable bonds is 2. The molecule has 2 saturated heterocycles. The van der Waals surface area contributed by atoms with Crippen LogP contribution in [0, 0.1) is 11.3 Å². The first-order valence-electron chi connectivity index (χ1n) is 6.99. The van der Waals surface area contributed by atoms with Gasteiger partial charge in [-0.15, -0.1) is 0 Å². The lowest BCUT2D eigenvalue weighted by Crippen LogP contribution is -2.45. The van der Waals surface area contributed by atoms with Crippen molar-refractivity contribution < 1.29 is 9.53 Å². The lowest BCUT2D eigenvalue weighted by molar-refractivity contribution is 0.00941. The van der Waals surface area contributed by atoms with Crippen LogP contribution < -0.4 is 5.32 Å². The van der Waals surface area contributed by atoms with Gasteiger partial charge >= 0.3 is 6.09 Å². The van der Waals surface area contributed by atoms with E-state index in [0.29, 0.717) is 5.92 Å². The summed E-state index contributed by atoms with van der Waals surface area (Å²) in [5.74, 6) is 0.493. The smallest absolute Gasteiger partial charge is 0.410 e. The largest absolute Gasteiger partial charge is 0.441 e. The standard InChI is InChI=1S/C14H26N2O2/c1-13(2,3)9-16-10-14(4,18-12(16)17)11-5-7-15-8-6-11/h11,15H,5-10H2,1-4H3. The molecule has 0 aromatic rings. The number of piperidine rings is 1. The number of nitrogens with one attached hydrogen (secondary N) is 1. The van der Waals surface area contributed by atoms with Crippen molar-refractivity contribution in [1.82, 2.24) is 10.2 Å². The van der Waals surface area contributed by atoms with E-state index in [1.807, 2.05) is 4.90 Å². The van der Waals surface area contributed by atoms with E-state index >= 15 is 0 Å². The van der Waals surface area contributed by atoms with Gasteiger partial charge in [0.2, 0.25) is 0 Å². The van der Waals surface area contributed by atoms with Crippen LogP contribution in [0.3, 0.4) is 0 Å². The van der Waals surface area contributed by atoms with Crippen LogP contribution in [0.2, 0.25) is 0 Å². The summed E-state index contributed by atoms with van der Waals surface area (Å²) in [6.07, 6.45) is 2.08. The van der Waals surface area contributed by atoms with Gasteiger partial charge in [0.15, 0.2) is 0 Å². The minimum Gasteiger partial charge on any atom is -0.441 e. The van der Waals surface area contributed by atoms with E-state index in [-0.39, 0.29) is 17.1 Å². The van der Waals surface area contributed by atoms with Crippen LogP contribution >= 0.6 is 0 Å². The molecule has 1 unspecified atom stereocenters. The molecule has 0 aromatic carbocycles. The highest BCUT2D eigenvalue weighted by Crippen LogP contribution is 2.36. The zero-order valence-corrected chi connectivity index (χ0v) is 12.1. The SMILES string of the molecule is CC(C)(C)CN1CC(C)(C2CCNCC2)OC1=O. The summed E-state index contributed by atoms with van der Waals surface area (Å²) < 4.78 is 5.71. The molecule has 0 aromatic heterocycles. The van der Waals surface area contributed by atoms with E-state index in [2.05, 4.69) is 33.0 Å². The third-order valence-corrected chi connectivity index (χ3v) is 3.95. The third kappa shape index (κ3) is 2.97. The summed E-state index contributed by atoms with van der Waals surface area (Å²) >= 11 is 0. The van der Waals surface area contributed by atoms with Crippen molar-refractivity contribution in [3.8, 4) is 0 Å². The third-order valence-electron chi connectivity index (χ3n) is 3.95. The molecule has 18 heavy (non-hydrogen) atoms. The molecule has 0 saturated carbocycles. The van der Waals surface area contributed by atoms with Crippen molar-refractivity contribution >= 4 is 6.09 Å². The van der Waals surface area contributed by atoms with Crippen LogP contribution in [0.1, 0.15) is 40.5 Å². The van der Waals surface area contributed by atoms with Gasteiger partial charge in [0.05, 0.1) is 6.54 Å². The van der Waals surface area contributed by atoms with Gasteiger partial charge in [-0.05, 0) is 38.3 Å². The van der Waals surface area contributed by atoms with Crippen molar-refractivity contribution in [2.75, 3.05) is 26.2 Å². The summed E-state index contributed by atoms with van der Waals surface area (Å²) in [4.78, 5) is 13.9. The van der Waals surface area contributed by atoms with Crippen molar-refractivity contribution in [3.63, 3.8) is 0 Å². The van der Waals surface area contributed by atoms with Gasteiger partial charge in [-0.3, -0.25) is 0 Å². The molecule has 1 atom stereocenters. The Kier molecular flexibility index (Phi) is 3.58. The molecule has 4 heteroatoms. The van der Waals surface area contributed by atoms with E-state index in [9.17, 15) is 4.79 Å². The zero-order valence-electron chi connectivity index (χ0n) is 12.1. The van der Waals surface area contributed by atoms with Crippen LogP contribution in [0.4, 0.5) is 4.79 Å². The van der Waals surface area contributed by atoms with Crippen LogP contribution in [-0.2, 0) is 4.74 Å². The Balaban J connectivity index is 2.01. The van der Waals surface area contributed by atoms with Crippen molar-refractivity contribution in [1.29, 1.82) is 0 Å². The first-order valence-corrected chi connectivity index (χ1v) is 6.99. The second kappa shape index (κ2) is 4.72. The zero-order chi connectivity index (χ0) is 13.4. The first kappa shape index (κ1) is 13.7. The molecule has 0 spiro atoms. The van der Waals surface area contributed by atoms with Crippen molar-refractivity contribution in [3.05, 3.63) is 0 Å². The molecule has 4 nitrogen and oxygen atoms in total. The van der Waals surface area contributed by atoms with E-state index < -0.39 is 0 Å². The fourth-order valence-electron chi connectivity index (χ4n) is 3.08. The Hall–Kier alpha value is -0.770. The average Bonchev–Trinajstić information content (AvgIpc) is 2.54. The molecular weight excluding hydrogens is 228 g/mol. The van der Waals surface area contributed by atoms with Gasteiger partial charge < -0.3 is 15.0 Å². The van der Waals surface area contributed by atoms with Gasteiger partial charge in [-0.1, -0.05) is 20.8 Å². The molecule has 2 rings (SSSR count). The van der Waals surface area contributed by atoms with Crippen molar-refractivity contribution in [2.45, 2.75) is 46.1 Å². The molecule has 0 radical (unpaired) electrons. The summed E-state index contributed by atoms with van der Waals surface area (Å²) in [5.41, 5.74) is -0.164. The van der Waals surface area contributed by atoms with Gasteiger partial charge in [-0.2, -0.15) is 0 Å². The Morgan fingerprint density at radius 3 is 2.56 bits per heavy atom. The van der Waals surface area contributed by atoms with E-state index in [0.717, 1.165) is 39.0 Å². The Morgan fingerprint density at radius 1 is 1.39 bits per heavy atom. The number of hydrogen-bond acceptors (Lipinski definition) is 3. The second-order valence-corrected chi connectivity index (χ2v) is 7.12. The fourth-order valence-corrected chi connectivity index (χ4v) is 3.08. The van der Waals surface area contributed by atoms with Gasteiger partial charge in [0.25, 0.3) is 0 Å². The Morgan fingerprint density at radius 2 is 2.00 bits per heavy atom. The number of amides is 1. The molecule has 1 N–H and O–H groups in total. The summed E-state index contributed by atoms with van der Waals surface area (Å²) in [6.45, 7) is 12.2. The van der Waals surface area contributed by atoms with Gasteiger partial charge in [0.1, 0.15) is 5.60 Å². The number of hydrogen-bond donors (Lipinski definition) is 1. The molecule has 2 aliphatic rings. The minimum absolute atomic E-state index is 0.123. The monoisotopic (exact) mass is 254 g/mol. The van der Waals surface area contributed by atoms with Crippen molar-refractivity contribution in [2.24, 2.45) is 11.3 Å². The second-order valence-electron chi connectivity index (χ2n) is 7.12. The summed E-state index contributed by atoms with van der Waals surface area (Å²) in [6, 6.07) is 0. The molecule has 2 heterocycles. The van der Waals surface area contributed by atoms with Crippen LogP contribution in [-0.4, -0.2) is 42.8 Å². The highest BCUT2D eigenvalue weighted by Gasteiger charge is 2.47. The molecule has 104 valence electrons. The van der Waals surface area contributed by atoms with Crippen LogP contribution in [0.25, 0.3) is 0 Å². The topological polar surface area (TPSA) is 41.6 Å². The highest BCUT2D eigenvalue weighted by molar-refractivity contribution is 5.70. The summed E-state index contributed by atoms with van der Waals surface area (Å²) in [7, 11) is 0. The average molecular weight is 254 g/mol. The number of nitrogens with zero attached hydrogens (tertiary/aromatic N) is 1. The number of carbonyl (C=O) groups is 1. The Bertz CT molecular complexity index is 318. The maximum absolute atomic E-state index is 12.0. The Labute approximate surface area is 110 Å². The maximum Gasteiger partial charge on any atom is 0.410 e. The molecule has 0 aliphatic carbocycles. The number of carbonyl (C=O) groups excluding carboxylic acids is 1. The van der Waals surface area contributed by atoms with Gasteiger partial charge in [-0.25, -0.2) is 4.79 Å². The predicted octanol–water partition coefficient (Wildman–Crippen LogP) is 2.24. The molecule has 0 bridgehead atoms. The lowest BCUT2D eigenvalue weighted by Gasteiger charge is -2.35. The predicted molar refractivity (Wildman–Crippen MR) is 71.5 cm³/mol. The van der Waals surface area contributed by atoms with Crippen LogP contribution in [0.5, 0.6) is 0 Å². The minimum atomic E-state index is -0.287. The first-order chi connectivity index (χ1) is 8.30. The maximum atomic E-state index is 12.0. The normalized spacial score (nSPS) is 30.7. The van der Waals surface area contributed by atoms with Crippen LogP contribution in [0.15, 0.2) is 0 Å². The fraction of sp³-hybridized carbons (Fsp3) is 0.929. The molecule has 2 aliphatic heterocycles.